The Morgan fingerprint density at radius 3 is 0.928 bits per heavy atom. The third-order valence-corrected chi connectivity index (χ3v) is 13.8. The molecule has 0 saturated carbocycles. The lowest BCUT2D eigenvalue weighted by molar-refractivity contribution is -0.115. The SMILES string of the molecule is CN(C)C=O.Cc1c(C(=O)Nc2cc(-c3ccc(Br)cc3)no2)oc2ccc(F)cc12.Cc1c(C(=O)Nc2cc(-c3ccc(Br)cc3)no2)oc2ccc(F)cc12.Cc1c(C(=O)Nc2cc(-c3ccc(Br)cc3)no2)oc2ccc(F)cc12. The molecule has 12 aromatic rings. The van der Waals surface area contributed by atoms with E-state index >= 15 is 0 Å². The number of hydrogen-bond donors (Lipinski definition) is 3. The molecule has 0 spiro atoms. The molecule has 6 aromatic carbocycles. The predicted octanol–water partition coefficient (Wildman–Crippen LogP) is 16.4. The summed E-state index contributed by atoms with van der Waals surface area (Å²) >= 11 is 10.1. The molecule has 6 aromatic heterocycles. The van der Waals surface area contributed by atoms with E-state index in [0.717, 1.165) is 36.5 Å². The van der Waals surface area contributed by atoms with Gasteiger partial charge in [0.15, 0.2) is 17.3 Å². The smallest absolute Gasteiger partial charge is 0.294 e. The van der Waals surface area contributed by atoms with E-state index in [2.05, 4.69) is 79.2 Å². The number of aromatic nitrogens is 3. The van der Waals surface area contributed by atoms with Crippen LogP contribution in [0.2, 0.25) is 0 Å². The van der Waals surface area contributed by atoms with Crippen LogP contribution in [0.25, 0.3) is 66.7 Å². The van der Waals surface area contributed by atoms with E-state index in [1.807, 2.05) is 72.8 Å². The van der Waals surface area contributed by atoms with Gasteiger partial charge in [0.25, 0.3) is 17.7 Å². The summed E-state index contributed by atoms with van der Waals surface area (Å²) in [7, 11) is 3.38. The first-order valence-corrected chi connectivity index (χ1v) is 27.0. The highest BCUT2D eigenvalue weighted by atomic mass is 79.9. The topological polar surface area (TPSA) is 225 Å². The molecule has 3 N–H and O–H groups in total. The largest absolute Gasteiger partial charge is 0.451 e. The first-order chi connectivity index (χ1) is 39.8. The third kappa shape index (κ3) is 14.1. The van der Waals surface area contributed by atoms with Crippen LogP contribution in [0.5, 0.6) is 0 Å². The number of furan rings is 3. The van der Waals surface area contributed by atoms with E-state index in [1.165, 1.54) is 59.5 Å². The Morgan fingerprint density at radius 2 is 0.687 bits per heavy atom. The Morgan fingerprint density at radius 1 is 0.434 bits per heavy atom. The maximum atomic E-state index is 13.4. The fraction of sp³-hybridized carbons (Fsp3) is 0.0833. The van der Waals surface area contributed by atoms with Crippen LogP contribution in [0, 0.1) is 38.2 Å². The monoisotopic (exact) mass is 1320 g/mol. The van der Waals surface area contributed by atoms with E-state index in [-0.39, 0.29) is 52.4 Å². The summed E-state index contributed by atoms with van der Waals surface area (Å²) in [6.45, 7) is 5.11. The first-order valence-electron chi connectivity index (χ1n) is 24.6. The number of carbonyl (C=O) groups excluding carboxylic acids is 4. The minimum absolute atomic E-state index is 0.104. The van der Waals surface area contributed by atoms with Gasteiger partial charge in [0.1, 0.15) is 51.3 Å². The fourth-order valence-electron chi connectivity index (χ4n) is 8.01. The van der Waals surface area contributed by atoms with Crippen molar-refractivity contribution in [2.75, 3.05) is 30.0 Å². The molecule has 0 aliphatic heterocycles. The molecule has 0 radical (unpaired) electrons. The van der Waals surface area contributed by atoms with Gasteiger partial charge in [-0.1, -0.05) is 99.7 Å². The van der Waals surface area contributed by atoms with Gasteiger partial charge < -0.3 is 31.7 Å². The van der Waals surface area contributed by atoms with Crippen molar-refractivity contribution < 1.29 is 59.2 Å². The Labute approximate surface area is 494 Å². The number of amides is 4. The first kappa shape index (κ1) is 58.3. The van der Waals surface area contributed by atoms with Crippen molar-refractivity contribution in [1.29, 1.82) is 0 Å². The van der Waals surface area contributed by atoms with E-state index in [9.17, 15) is 32.3 Å². The maximum absolute atomic E-state index is 13.4. The van der Waals surface area contributed by atoms with Gasteiger partial charge in [-0.05, 0) is 112 Å². The minimum Gasteiger partial charge on any atom is -0.451 e. The molecular weight excluding hydrogens is 1280 g/mol. The molecule has 4 amide bonds. The molecule has 17 nitrogen and oxygen atoms in total. The molecule has 420 valence electrons. The molecule has 0 bridgehead atoms. The number of anilines is 3. The minimum atomic E-state index is -0.488. The van der Waals surface area contributed by atoms with Crippen LogP contribution < -0.4 is 16.0 Å². The van der Waals surface area contributed by atoms with Gasteiger partial charge in [0.05, 0.1) is 0 Å². The molecule has 0 atom stereocenters. The summed E-state index contributed by atoms with van der Waals surface area (Å²) in [4.78, 5) is 48.3. The number of carbonyl (C=O) groups is 4. The molecule has 12 rings (SSSR count). The van der Waals surface area contributed by atoms with Crippen molar-refractivity contribution >= 4 is 122 Å². The number of halogens is 6. The van der Waals surface area contributed by atoms with Crippen molar-refractivity contribution in [2.24, 2.45) is 0 Å². The highest BCUT2D eigenvalue weighted by Crippen LogP contribution is 2.32. The number of nitrogens with one attached hydrogen (secondary N) is 3. The zero-order valence-electron chi connectivity index (χ0n) is 44.1. The highest BCUT2D eigenvalue weighted by Gasteiger charge is 2.23. The summed E-state index contributed by atoms with van der Waals surface area (Å²) in [5.74, 6) is -1.73. The zero-order chi connectivity index (χ0) is 59.1. The summed E-state index contributed by atoms with van der Waals surface area (Å²) in [6, 6.07) is 39.8. The van der Waals surface area contributed by atoms with Gasteiger partial charge in [-0.25, -0.2) is 13.2 Å². The van der Waals surface area contributed by atoms with Gasteiger partial charge in [0, 0.05) is 95.3 Å². The number of rotatable bonds is 10. The molecule has 6 heterocycles. The van der Waals surface area contributed by atoms with E-state index in [1.54, 1.807) is 53.1 Å². The van der Waals surface area contributed by atoms with Crippen molar-refractivity contribution in [3.63, 3.8) is 0 Å². The molecule has 0 fully saturated rings. The van der Waals surface area contributed by atoms with Gasteiger partial charge >= 0.3 is 0 Å². The van der Waals surface area contributed by atoms with E-state index in [4.69, 9.17) is 26.8 Å². The Balaban J connectivity index is 0.000000144. The molecule has 0 unspecified atom stereocenters. The molecular formula is C60H43Br3F3N7O10. The van der Waals surface area contributed by atoms with Crippen molar-refractivity contribution in [3.05, 3.63) is 210 Å². The summed E-state index contributed by atoms with van der Waals surface area (Å²) in [5.41, 5.74) is 7.36. The van der Waals surface area contributed by atoms with Crippen LogP contribution in [0.4, 0.5) is 30.8 Å². The number of nitrogens with zero attached hydrogens (tertiary/aromatic N) is 4. The average molecular weight is 1320 g/mol. The van der Waals surface area contributed by atoms with Gasteiger partial charge in [0.2, 0.25) is 24.1 Å². The van der Waals surface area contributed by atoms with Crippen molar-refractivity contribution in [1.82, 2.24) is 20.4 Å². The standard InChI is InChI=1S/3C19H12BrFN2O3.C3H7NO/c3*1-10-14-8-13(21)6-7-16(14)25-18(10)19(24)22-17-9-15(23-26-17)11-2-4-12(20)5-3-11;1-4(2)3-5/h3*2-9H,1H3,(H,22,24);3H,1-2H3. The van der Waals surface area contributed by atoms with Crippen molar-refractivity contribution in [2.45, 2.75) is 20.8 Å². The van der Waals surface area contributed by atoms with Crippen LogP contribution in [0.3, 0.4) is 0 Å². The molecule has 0 aliphatic carbocycles. The van der Waals surface area contributed by atoms with E-state index in [0.29, 0.717) is 66.7 Å². The van der Waals surface area contributed by atoms with E-state index < -0.39 is 17.7 Å². The summed E-state index contributed by atoms with van der Waals surface area (Å²) < 4.78 is 75.2. The summed E-state index contributed by atoms with van der Waals surface area (Å²) in [6.07, 6.45) is 0.750. The number of benzene rings is 6. The zero-order valence-corrected chi connectivity index (χ0v) is 48.8. The Hall–Kier alpha value is -9.32. The second-order valence-electron chi connectivity index (χ2n) is 18.3. The van der Waals surface area contributed by atoms with Crippen molar-refractivity contribution in [3.8, 4) is 33.8 Å². The number of aryl methyl sites for hydroxylation is 3. The molecule has 23 heteroatoms. The third-order valence-electron chi connectivity index (χ3n) is 12.2. The summed E-state index contributed by atoms with van der Waals surface area (Å²) in [5, 5.41) is 21.4. The van der Waals surface area contributed by atoms with Crippen LogP contribution >= 0.6 is 47.8 Å². The lowest BCUT2D eigenvalue weighted by Crippen LogP contribution is -2.11. The van der Waals surface area contributed by atoms with Crippen LogP contribution in [-0.2, 0) is 4.79 Å². The number of fused-ring (bicyclic) bond motifs is 3. The van der Waals surface area contributed by atoms with Crippen LogP contribution in [0.1, 0.15) is 48.4 Å². The molecule has 0 saturated heterocycles. The Bertz CT molecular complexity index is 3890. The van der Waals surface area contributed by atoms with Gasteiger partial charge in [-0.3, -0.25) is 35.1 Å². The Kier molecular flexibility index (Phi) is 18.0. The fourth-order valence-corrected chi connectivity index (χ4v) is 8.80. The lowest BCUT2D eigenvalue weighted by atomic mass is 10.1. The van der Waals surface area contributed by atoms with Crippen LogP contribution in [0.15, 0.2) is 186 Å². The van der Waals surface area contributed by atoms with Gasteiger partial charge in [-0.15, -0.1) is 0 Å². The average Bonchev–Trinajstić information content (AvgIpc) is 4.57. The maximum Gasteiger partial charge on any atom is 0.294 e. The second-order valence-corrected chi connectivity index (χ2v) is 21.0. The van der Waals surface area contributed by atoms with Crippen LogP contribution in [-0.4, -0.2) is 58.6 Å². The quantitative estimate of drug-likeness (QED) is 0.108. The number of hydrogen-bond acceptors (Lipinski definition) is 13. The second kappa shape index (κ2) is 25.6. The molecule has 83 heavy (non-hydrogen) atoms. The van der Waals surface area contributed by atoms with Gasteiger partial charge in [-0.2, -0.15) is 0 Å². The normalized spacial score (nSPS) is 10.8. The highest BCUT2D eigenvalue weighted by molar-refractivity contribution is 9.11. The molecule has 0 aliphatic rings. The lowest BCUT2D eigenvalue weighted by Gasteiger charge is -1.98. The predicted molar refractivity (Wildman–Crippen MR) is 315 cm³/mol.